The van der Waals surface area contributed by atoms with Crippen LogP contribution in [0, 0.1) is 6.92 Å². The van der Waals surface area contributed by atoms with Crippen molar-refractivity contribution in [1.29, 1.82) is 0 Å². The Morgan fingerprint density at radius 3 is 2.80 bits per heavy atom. The second kappa shape index (κ2) is 6.06. The Morgan fingerprint density at radius 1 is 1.30 bits per heavy atom. The first kappa shape index (κ1) is 13.9. The molecule has 0 aliphatic carbocycles. The van der Waals surface area contributed by atoms with E-state index < -0.39 is 5.97 Å². The largest absolute Gasteiger partial charge is 0.493 e. The highest BCUT2D eigenvalue weighted by molar-refractivity contribution is 5.86. The lowest BCUT2D eigenvalue weighted by Gasteiger charge is -2.12. The van der Waals surface area contributed by atoms with E-state index in [2.05, 4.69) is 4.98 Å². The maximum atomic E-state index is 11.1. The van der Waals surface area contributed by atoms with Gasteiger partial charge in [-0.3, -0.25) is 0 Å². The molecule has 0 atom stereocenters. The molecule has 104 valence electrons. The number of aromatic nitrogens is 1. The second-order valence-electron chi connectivity index (χ2n) is 4.26. The molecule has 20 heavy (non-hydrogen) atoms. The van der Waals surface area contributed by atoms with Gasteiger partial charge in [-0.2, -0.15) is 0 Å². The predicted molar refractivity (Wildman–Crippen MR) is 73.3 cm³/mol. The van der Waals surface area contributed by atoms with Gasteiger partial charge in [0.1, 0.15) is 6.61 Å². The number of hydrogen-bond donors (Lipinski definition) is 1. The maximum Gasteiger partial charge on any atom is 0.354 e. The normalized spacial score (nSPS) is 10.1. The molecular weight excluding hydrogens is 258 g/mol. The number of rotatable bonds is 5. The van der Waals surface area contributed by atoms with Crippen molar-refractivity contribution in [3.05, 3.63) is 53.3 Å². The Hall–Kier alpha value is -2.56. The quantitative estimate of drug-likeness (QED) is 0.907. The van der Waals surface area contributed by atoms with Gasteiger partial charge >= 0.3 is 5.97 Å². The molecule has 5 nitrogen and oxygen atoms in total. The number of nitrogens with zero attached hydrogens (tertiary/aromatic N) is 1. The van der Waals surface area contributed by atoms with Crippen LogP contribution in [-0.2, 0) is 6.61 Å². The van der Waals surface area contributed by atoms with Crippen LogP contribution in [0.1, 0.15) is 21.6 Å². The summed E-state index contributed by atoms with van der Waals surface area (Å²) >= 11 is 0. The SMILES string of the molecule is COc1cc(C)ccc1OCc1cccnc1C(=O)O. The number of ether oxygens (including phenoxy) is 2. The Labute approximate surface area is 116 Å². The van der Waals surface area contributed by atoms with Crippen LogP contribution in [0.4, 0.5) is 0 Å². The van der Waals surface area contributed by atoms with Crippen LogP contribution < -0.4 is 9.47 Å². The van der Waals surface area contributed by atoms with Crippen molar-refractivity contribution in [3.8, 4) is 11.5 Å². The summed E-state index contributed by atoms with van der Waals surface area (Å²) in [5.74, 6) is 0.115. The number of carboxylic acid groups (broad SMARTS) is 1. The fraction of sp³-hybridized carbons (Fsp3) is 0.200. The highest BCUT2D eigenvalue weighted by atomic mass is 16.5. The van der Waals surface area contributed by atoms with Gasteiger partial charge in [0.2, 0.25) is 0 Å². The molecule has 5 heteroatoms. The van der Waals surface area contributed by atoms with Crippen LogP contribution in [0.5, 0.6) is 11.5 Å². The molecule has 0 amide bonds. The topological polar surface area (TPSA) is 68.7 Å². The van der Waals surface area contributed by atoms with E-state index in [0.29, 0.717) is 17.1 Å². The second-order valence-corrected chi connectivity index (χ2v) is 4.26. The zero-order chi connectivity index (χ0) is 14.5. The first-order chi connectivity index (χ1) is 9.61. The number of carbonyl (C=O) groups is 1. The molecule has 1 aromatic heterocycles. The third-order valence-corrected chi connectivity index (χ3v) is 2.80. The van der Waals surface area contributed by atoms with E-state index >= 15 is 0 Å². The Bertz CT molecular complexity index is 625. The standard InChI is InChI=1S/C15H15NO4/c1-10-5-6-12(13(8-10)19-2)20-9-11-4-3-7-16-14(11)15(17)18/h3-8H,9H2,1-2H3,(H,17,18). The Kier molecular flexibility index (Phi) is 4.20. The third-order valence-electron chi connectivity index (χ3n) is 2.80. The highest BCUT2D eigenvalue weighted by Gasteiger charge is 2.12. The Balaban J connectivity index is 2.19. The monoisotopic (exact) mass is 273 g/mol. The lowest BCUT2D eigenvalue weighted by atomic mass is 10.2. The third kappa shape index (κ3) is 3.06. The number of aromatic carboxylic acids is 1. The van der Waals surface area contributed by atoms with Crippen molar-refractivity contribution in [2.45, 2.75) is 13.5 Å². The average molecular weight is 273 g/mol. The van der Waals surface area contributed by atoms with Gasteiger partial charge in [0.15, 0.2) is 17.2 Å². The average Bonchev–Trinajstić information content (AvgIpc) is 2.46. The van der Waals surface area contributed by atoms with Crippen LogP contribution in [0.2, 0.25) is 0 Å². The molecule has 1 N–H and O–H groups in total. The highest BCUT2D eigenvalue weighted by Crippen LogP contribution is 2.28. The minimum Gasteiger partial charge on any atom is -0.493 e. The molecule has 0 fully saturated rings. The zero-order valence-corrected chi connectivity index (χ0v) is 11.3. The first-order valence-electron chi connectivity index (χ1n) is 6.06. The minimum atomic E-state index is -1.07. The first-order valence-corrected chi connectivity index (χ1v) is 6.06. The van der Waals surface area contributed by atoms with E-state index in [1.807, 2.05) is 19.1 Å². The van der Waals surface area contributed by atoms with Crippen molar-refractivity contribution in [2.75, 3.05) is 7.11 Å². The van der Waals surface area contributed by atoms with Gasteiger partial charge in [-0.1, -0.05) is 12.1 Å². The summed E-state index contributed by atoms with van der Waals surface area (Å²) in [4.78, 5) is 14.9. The van der Waals surface area contributed by atoms with Crippen molar-refractivity contribution in [1.82, 2.24) is 4.98 Å². The molecule has 1 aromatic carbocycles. The van der Waals surface area contributed by atoms with Gasteiger partial charge < -0.3 is 14.6 Å². The van der Waals surface area contributed by atoms with E-state index in [-0.39, 0.29) is 12.3 Å². The van der Waals surface area contributed by atoms with Gasteiger partial charge in [0.05, 0.1) is 7.11 Å². The smallest absolute Gasteiger partial charge is 0.354 e. The van der Waals surface area contributed by atoms with Crippen LogP contribution in [-0.4, -0.2) is 23.2 Å². The number of aryl methyl sites for hydroxylation is 1. The summed E-state index contributed by atoms with van der Waals surface area (Å²) in [7, 11) is 1.56. The molecule has 0 aliphatic rings. The Morgan fingerprint density at radius 2 is 2.10 bits per heavy atom. The molecule has 2 aromatic rings. The van der Waals surface area contributed by atoms with E-state index in [0.717, 1.165) is 5.56 Å². The van der Waals surface area contributed by atoms with Gasteiger partial charge in [0.25, 0.3) is 0 Å². The number of pyridine rings is 1. The molecule has 0 unspecified atom stereocenters. The molecule has 0 radical (unpaired) electrons. The number of hydrogen-bond acceptors (Lipinski definition) is 4. The zero-order valence-electron chi connectivity index (χ0n) is 11.3. The van der Waals surface area contributed by atoms with Crippen molar-refractivity contribution in [2.24, 2.45) is 0 Å². The van der Waals surface area contributed by atoms with E-state index in [9.17, 15) is 4.79 Å². The van der Waals surface area contributed by atoms with Gasteiger partial charge in [0, 0.05) is 11.8 Å². The van der Waals surface area contributed by atoms with E-state index in [1.54, 1.807) is 25.3 Å². The van der Waals surface area contributed by atoms with Gasteiger partial charge in [-0.15, -0.1) is 0 Å². The number of benzene rings is 1. The number of carboxylic acids is 1. The van der Waals surface area contributed by atoms with Crippen LogP contribution in [0.15, 0.2) is 36.5 Å². The summed E-state index contributed by atoms with van der Waals surface area (Å²) in [5, 5.41) is 9.06. The molecule has 1 heterocycles. The molecule has 0 bridgehead atoms. The van der Waals surface area contributed by atoms with Crippen LogP contribution in [0.25, 0.3) is 0 Å². The van der Waals surface area contributed by atoms with Crippen molar-refractivity contribution in [3.63, 3.8) is 0 Å². The summed E-state index contributed by atoms with van der Waals surface area (Å²) in [5.41, 5.74) is 1.57. The summed E-state index contributed by atoms with van der Waals surface area (Å²) in [6.45, 7) is 2.07. The van der Waals surface area contributed by atoms with Gasteiger partial charge in [-0.05, 0) is 30.7 Å². The maximum absolute atomic E-state index is 11.1. The molecule has 0 aliphatic heterocycles. The molecule has 0 saturated heterocycles. The number of methoxy groups -OCH3 is 1. The van der Waals surface area contributed by atoms with Crippen LogP contribution >= 0.6 is 0 Å². The summed E-state index contributed by atoms with van der Waals surface area (Å²) in [6.07, 6.45) is 1.44. The fourth-order valence-electron chi connectivity index (χ4n) is 1.80. The molecule has 0 spiro atoms. The summed E-state index contributed by atoms with van der Waals surface area (Å²) in [6, 6.07) is 8.91. The lowest BCUT2D eigenvalue weighted by Crippen LogP contribution is -2.08. The summed E-state index contributed by atoms with van der Waals surface area (Å²) < 4.78 is 10.9. The van der Waals surface area contributed by atoms with E-state index in [1.165, 1.54) is 6.20 Å². The van der Waals surface area contributed by atoms with Gasteiger partial charge in [-0.25, -0.2) is 9.78 Å². The van der Waals surface area contributed by atoms with E-state index in [4.69, 9.17) is 14.6 Å². The molecular formula is C15H15NO4. The van der Waals surface area contributed by atoms with Crippen LogP contribution in [0.3, 0.4) is 0 Å². The predicted octanol–water partition coefficient (Wildman–Crippen LogP) is 2.68. The molecule has 2 rings (SSSR count). The minimum absolute atomic E-state index is 0.00132. The fourth-order valence-corrected chi connectivity index (χ4v) is 1.80. The lowest BCUT2D eigenvalue weighted by molar-refractivity contribution is 0.0687. The van der Waals surface area contributed by atoms with Crippen molar-refractivity contribution < 1.29 is 19.4 Å². The molecule has 0 saturated carbocycles. The van der Waals surface area contributed by atoms with Crippen molar-refractivity contribution >= 4 is 5.97 Å².